The number of nitrogens with zero attached hydrogens (tertiary/aromatic N) is 3. The zero-order chi connectivity index (χ0) is 14.8. The second-order valence-corrected chi connectivity index (χ2v) is 6.18. The summed E-state index contributed by atoms with van der Waals surface area (Å²) in [6.45, 7) is 3.08. The molecule has 6 heteroatoms. The number of hydrogen-bond donors (Lipinski definition) is 0. The summed E-state index contributed by atoms with van der Waals surface area (Å²) in [5, 5.41) is 4.06. The SMILES string of the molecule is CC(=O)N1CCC[C@@H](c2nc(-c3ccc(Br)cc3)no2)C1. The van der Waals surface area contributed by atoms with Gasteiger partial charge in [-0.2, -0.15) is 4.98 Å². The largest absolute Gasteiger partial charge is 0.342 e. The van der Waals surface area contributed by atoms with Crippen molar-refractivity contribution in [2.45, 2.75) is 25.7 Å². The predicted octanol–water partition coefficient (Wildman–Crippen LogP) is 3.23. The molecule has 1 aliphatic heterocycles. The van der Waals surface area contributed by atoms with Crippen molar-refractivity contribution in [2.24, 2.45) is 0 Å². The summed E-state index contributed by atoms with van der Waals surface area (Å²) in [6, 6.07) is 7.79. The van der Waals surface area contributed by atoms with Crippen LogP contribution in [0.15, 0.2) is 33.3 Å². The lowest BCUT2D eigenvalue weighted by molar-refractivity contribution is -0.130. The van der Waals surface area contributed by atoms with Crippen molar-refractivity contribution in [1.82, 2.24) is 15.0 Å². The van der Waals surface area contributed by atoms with Crippen LogP contribution in [0.25, 0.3) is 11.4 Å². The summed E-state index contributed by atoms with van der Waals surface area (Å²) in [5.74, 6) is 1.46. The number of carbonyl (C=O) groups excluding carboxylic acids is 1. The van der Waals surface area contributed by atoms with Crippen molar-refractivity contribution in [3.8, 4) is 11.4 Å². The fourth-order valence-electron chi connectivity index (χ4n) is 2.58. The Balaban J connectivity index is 1.78. The Morgan fingerprint density at radius 3 is 2.86 bits per heavy atom. The molecule has 0 radical (unpaired) electrons. The third-order valence-corrected chi connectivity index (χ3v) is 4.29. The van der Waals surface area contributed by atoms with E-state index in [1.54, 1.807) is 6.92 Å². The minimum atomic E-state index is 0.104. The van der Waals surface area contributed by atoms with Crippen LogP contribution in [0.3, 0.4) is 0 Å². The highest BCUT2D eigenvalue weighted by Crippen LogP contribution is 2.27. The zero-order valence-electron chi connectivity index (χ0n) is 11.8. The van der Waals surface area contributed by atoms with Gasteiger partial charge in [0, 0.05) is 30.0 Å². The number of hydrogen-bond acceptors (Lipinski definition) is 4. The Hall–Kier alpha value is -1.69. The van der Waals surface area contributed by atoms with Gasteiger partial charge in [0.25, 0.3) is 0 Å². The number of likely N-dealkylation sites (tertiary alicyclic amines) is 1. The maximum Gasteiger partial charge on any atom is 0.231 e. The number of benzene rings is 1. The molecule has 0 saturated carbocycles. The van der Waals surface area contributed by atoms with Gasteiger partial charge < -0.3 is 9.42 Å². The van der Waals surface area contributed by atoms with Crippen molar-refractivity contribution in [3.05, 3.63) is 34.6 Å². The van der Waals surface area contributed by atoms with Crippen molar-refractivity contribution in [2.75, 3.05) is 13.1 Å². The first kappa shape index (κ1) is 14.3. The quantitative estimate of drug-likeness (QED) is 0.834. The normalized spacial score (nSPS) is 18.8. The average molecular weight is 350 g/mol. The average Bonchev–Trinajstić information content (AvgIpc) is 2.98. The summed E-state index contributed by atoms with van der Waals surface area (Å²) in [4.78, 5) is 17.8. The Morgan fingerprint density at radius 2 is 2.14 bits per heavy atom. The molecule has 0 aliphatic carbocycles. The van der Waals surface area contributed by atoms with E-state index in [1.807, 2.05) is 29.2 Å². The van der Waals surface area contributed by atoms with Gasteiger partial charge >= 0.3 is 0 Å². The van der Waals surface area contributed by atoms with E-state index < -0.39 is 0 Å². The van der Waals surface area contributed by atoms with Crippen molar-refractivity contribution < 1.29 is 9.32 Å². The van der Waals surface area contributed by atoms with Gasteiger partial charge in [-0.05, 0) is 37.1 Å². The van der Waals surface area contributed by atoms with Crippen LogP contribution in [-0.2, 0) is 4.79 Å². The lowest BCUT2D eigenvalue weighted by Crippen LogP contribution is -2.37. The van der Waals surface area contributed by atoms with Crippen LogP contribution in [-0.4, -0.2) is 34.0 Å². The molecule has 0 unspecified atom stereocenters. The lowest BCUT2D eigenvalue weighted by atomic mass is 9.98. The van der Waals surface area contributed by atoms with E-state index in [2.05, 4.69) is 26.1 Å². The summed E-state index contributed by atoms with van der Waals surface area (Å²) in [7, 11) is 0. The first-order valence-electron chi connectivity index (χ1n) is 6.98. The highest BCUT2D eigenvalue weighted by atomic mass is 79.9. The van der Waals surface area contributed by atoms with E-state index in [4.69, 9.17) is 4.52 Å². The Kier molecular flexibility index (Phi) is 4.05. The Labute approximate surface area is 131 Å². The van der Waals surface area contributed by atoms with Crippen LogP contribution in [0.1, 0.15) is 31.6 Å². The highest BCUT2D eigenvalue weighted by molar-refractivity contribution is 9.10. The first-order valence-corrected chi connectivity index (χ1v) is 7.78. The predicted molar refractivity (Wildman–Crippen MR) is 81.7 cm³/mol. The van der Waals surface area contributed by atoms with Crippen LogP contribution in [0.4, 0.5) is 0 Å². The lowest BCUT2D eigenvalue weighted by Gasteiger charge is -2.29. The van der Waals surface area contributed by atoms with Gasteiger partial charge in [0.05, 0.1) is 5.92 Å². The molecule has 1 aromatic heterocycles. The van der Waals surface area contributed by atoms with Gasteiger partial charge in [-0.15, -0.1) is 0 Å². The van der Waals surface area contributed by atoms with E-state index in [0.717, 1.165) is 29.4 Å². The standard InChI is InChI=1S/C15H16BrN3O2/c1-10(20)19-8-2-3-12(9-19)15-17-14(18-21-15)11-4-6-13(16)7-5-11/h4-7,12H,2-3,8-9H2,1H3/t12-/m1/s1. The van der Waals surface area contributed by atoms with E-state index >= 15 is 0 Å². The molecule has 1 aromatic carbocycles. The van der Waals surface area contributed by atoms with Gasteiger partial charge in [-0.3, -0.25) is 4.79 Å². The Bertz CT molecular complexity index is 639. The molecule has 2 aromatic rings. The van der Waals surface area contributed by atoms with Gasteiger partial charge in [0.1, 0.15) is 0 Å². The highest BCUT2D eigenvalue weighted by Gasteiger charge is 2.27. The van der Waals surface area contributed by atoms with E-state index in [9.17, 15) is 4.79 Å². The molecular weight excluding hydrogens is 334 g/mol. The maximum atomic E-state index is 11.5. The molecule has 0 spiro atoms. The molecule has 0 bridgehead atoms. The Morgan fingerprint density at radius 1 is 1.38 bits per heavy atom. The van der Waals surface area contributed by atoms with Gasteiger partial charge in [-0.1, -0.05) is 21.1 Å². The second kappa shape index (κ2) is 5.97. The van der Waals surface area contributed by atoms with E-state index in [0.29, 0.717) is 18.3 Å². The van der Waals surface area contributed by atoms with Crippen molar-refractivity contribution in [3.63, 3.8) is 0 Å². The van der Waals surface area contributed by atoms with Crippen molar-refractivity contribution >= 4 is 21.8 Å². The number of amides is 1. The van der Waals surface area contributed by atoms with Crippen LogP contribution >= 0.6 is 15.9 Å². The molecule has 0 N–H and O–H groups in total. The maximum absolute atomic E-state index is 11.5. The number of rotatable bonds is 2. The molecule has 1 aliphatic rings. The topological polar surface area (TPSA) is 59.2 Å². The third-order valence-electron chi connectivity index (χ3n) is 3.76. The smallest absolute Gasteiger partial charge is 0.231 e. The first-order chi connectivity index (χ1) is 10.1. The minimum Gasteiger partial charge on any atom is -0.342 e. The summed E-state index contributed by atoms with van der Waals surface area (Å²) in [6.07, 6.45) is 1.95. The zero-order valence-corrected chi connectivity index (χ0v) is 13.3. The number of piperidine rings is 1. The van der Waals surface area contributed by atoms with Crippen LogP contribution in [0.5, 0.6) is 0 Å². The molecule has 1 saturated heterocycles. The van der Waals surface area contributed by atoms with Crippen LogP contribution in [0.2, 0.25) is 0 Å². The number of carbonyl (C=O) groups is 1. The molecule has 1 amide bonds. The number of aromatic nitrogens is 2. The molecule has 110 valence electrons. The van der Waals surface area contributed by atoms with E-state index in [-0.39, 0.29) is 11.8 Å². The molecule has 21 heavy (non-hydrogen) atoms. The fraction of sp³-hybridized carbons (Fsp3) is 0.400. The second-order valence-electron chi connectivity index (χ2n) is 5.27. The summed E-state index contributed by atoms with van der Waals surface area (Å²) < 4.78 is 6.42. The third kappa shape index (κ3) is 3.15. The minimum absolute atomic E-state index is 0.104. The molecule has 5 nitrogen and oxygen atoms in total. The molecule has 2 heterocycles. The van der Waals surface area contributed by atoms with Crippen molar-refractivity contribution in [1.29, 1.82) is 0 Å². The monoisotopic (exact) mass is 349 g/mol. The van der Waals surface area contributed by atoms with E-state index in [1.165, 1.54) is 0 Å². The molecular formula is C15H16BrN3O2. The van der Waals surface area contributed by atoms with Crippen LogP contribution < -0.4 is 0 Å². The van der Waals surface area contributed by atoms with Gasteiger partial charge in [-0.25, -0.2) is 0 Å². The summed E-state index contributed by atoms with van der Waals surface area (Å²) in [5.41, 5.74) is 0.924. The van der Waals surface area contributed by atoms with Gasteiger partial charge in [0.15, 0.2) is 0 Å². The number of halogens is 1. The summed E-state index contributed by atoms with van der Waals surface area (Å²) >= 11 is 3.40. The van der Waals surface area contributed by atoms with Gasteiger partial charge in [0.2, 0.25) is 17.6 Å². The fourth-order valence-corrected chi connectivity index (χ4v) is 2.85. The molecule has 1 fully saturated rings. The molecule has 3 rings (SSSR count). The van der Waals surface area contributed by atoms with Crippen LogP contribution in [0, 0.1) is 0 Å². The molecule has 1 atom stereocenters.